The lowest BCUT2D eigenvalue weighted by Gasteiger charge is -2.55. The number of ether oxygens (including phenoxy) is 1. The zero-order chi connectivity index (χ0) is 18.4. The van der Waals surface area contributed by atoms with Gasteiger partial charge in [-0.15, -0.1) is 4.83 Å². The normalized spacial score (nSPS) is 32.4. The predicted octanol–water partition coefficient (Wildman–Crippen LogP) is 2.61. The van der Waals surface area contributed by atoms with E-state index in [0.717, 1.165) is 19.3 Å². The second-order valence-corrected chi connectivity index (χ2v) is 9.84. The summed E-state index contributed by atoms with van der Waals surface area (Å²) in [6.07, 6.45) is 6.42. The van der Waals surface area contributed by atoms with Gasteiger partial charge in [-0.2, -0.15) is 0 Å². The topological polar surface area (TPSA) is 84.5 Å². The molecule has 0 saturated heterocycles. The second kappa shape index (κ2) is 6.53. The fourth-order valence-corrected chi connectivity index (χ4v) is 6.41. The molecule has 1 aromatic carbocycles. The van der Waals surface area contributed by atoms with Crippen molar-refractivity contribution in [1.29, 1.82) is 0 Å². The van der Waals surface area contributed by atoms with Crippen LogP contribution >= 0.6 is 0 Å². The van der Waals surface area contributed by atoms with Crippen LogP contribution in [-0.2, 0) is 14.8 Å². The Kier molecular flexibility index (Phi) is 4.47. The van der Waals surface area contributed by atoms with E-state index in [0.29, 0.717) is 30.1 Å². The molecule has 1 amide bonds. The van der Waals surface area contributed by atoms with Crippen LogP contribution in [0.4, 0.5) is 0 Å². The molecule has 6 nitrogen and oxygen atoms in total. The number of nitrogens with one attached hydrogen (secondary N) is 2. The van der Waals surface area contributed by atoms with Crippen LogP contribution in [0.15, 0.2) is 29.2 Å². The Morgan fingerprint density at radius 3 is 2.12 bits per heavy atom. The monoisotopic (exact) mass is 378 g/mol. The molecule has 0 atom stereocenters. The van der Waals surface area contributed by atoms with Gasteiger partial charge < -0.3 is 4.74 Å². The zero-order valence-corrected chi connectivity index (χ0v) is 15.8. The van der Waals surface area contributed by atoms with Gasteiger partial charge in [0.05, 0.1) is 16.9 Å². The van der Waals surface area contributed by atoms with Crippen molar-refractivity contribution in [2.24, 2.45) is 23.2 Å². The Hall–Kier alpha value is -1.60. The molecule has 4 aliphatic rings. The van der Waals surface area contributed by atoms with E-state index in [1.807, 2.05) is 6.92 Å². The summed E-state index contributed by atoms with van der Waals surface area (Å²) in [6, 6.07) is 6.17. The fraction of sp³-hybridized carbons (Fsp3) is 0.632. The third-order valence-corrected chi connectivity index (χ3v) is 7.53. The van der Waals surface area contributed by atoms with Gasteiger partial charge in [-0.25, -0.2) is 8.42 Å². The van der Waals surface area contributed by atoms with Crippen molar-refractivity contribution in [2.75, 3.05) is 6.61 Å². The van der Waals surface area contributed by atoms with E-state index in [9.17, 15) is 13.2 Å². The molecule has 4 aliphatic carbocycles. The maximum Gasteiger partial charge on any atom is 0.257 e. The summed E-state index contributed by atoms with van der Waals surface area (Å²) in [5.41, 5.74) is 2.13. The van der Waals surface area contributed by atoms with Crippen molar-refractivity contribution in [1.82, 2.24) is 10.3 Å². The quantitative estimate of drug-likeness (QED) is 0.745. The van der Waals surface area contributed by atoms with Gasteiger partial charge in [0.15, 0.2) is 0 Å². The van der Waals surface area contributed by atoms with Crippen LogP contribution in [0.5, 0.6) is 5.75 Å². The van der Waals surface area contributed by atoms with E-state index in [-0.39, 0.29) is 16.2 Å². The van der Waals surface area contributed by atoms with Gasteiger partial charge in [-0.3, -0.25) is 10.2 Å². The molecule has 0 spiro atoms. The molecule has 26 heavy (non-hydrogen) atoms. The molecule has 0 aromatic heterocycles. The first-order valence-electron chi connectivity index (χ1n) is 9.45. The molecule has 1 aromatic rings. The van der Waals surface area contributed by atoms with E-state index >= 15 is 0 Å². The van der Waals surface area contributed by atoms with Crippen molar-refractivity contribution in [2.45, 2.75) is 50.3 Å². The molecular weight excluding hydrogens is 352 g/mol. The number of hydrogen-bond acceptors (Lipinski definition) is 4. The highest BCUT2D eigenvalue weighted by molar-refractivity contribution is 7.89. The van der Waals surface area contributed by atoms with Crippen LogP contribution < -0.4 is 15.0 Å². The molecule has 0 aliphatic heterocycles. The van der Waals surface area contributed by atoms with Crippen LogP contribution in [-0.4, -0.2) is 20.9 Å². The first kappa shape index (κ1) is 17.8. The Labute approximate surface area is 154 Å². The third kappa shape index (κ3) is 3.22. The standard InChI is InChI=1S/C19H26N2O4S/c1-2-25-16-3-5-17(6-4-16)26(23,24)21-20-18(22)19-10-13-7-14(11-19)9-15(8-13)12-19/h3-6,13-15,21H,2,7-12H2,1H3,(H,20,22). The zero-order valence-electron chi connectivity index (χ0n) is 15.0. The van der Waals surface area contributed by atoms with Gasteiger partial charge in [-0.1, -0.05) is 0 Å². The number of sulfonamides is 1. The average Bonchev–Trinajstić information content (AvgIpc) is 2.59. The van der Waals surface area contributed by atoms with Gasteiger partial charge in [0.2, 0.25) is 5.91 Å². The average molecular weight is 378 g/mol. The molecule has 4 fully saturated rings. The molecule has 4 saturated carbocycles. The maximum absolute atomic E-state index is 12.9. The summed E-state index contributed by atoms with van der Waals surface area (Å²) >= 11 is 0. The maximum atomic E-state index is 12.9. The molecule has 142 valence electrons. The van der Waals surface area contributed by atoms with Gasteiger partial charge in [0.1, 0.15) is 5.75 Å². The molecule has 0 radical (unpaired) electrons. The fourth-order valence-electron chi connectivity index (χ4n) is 5.58. The van der Waals surface area contributed by atoms with E-state index in [1.165, 1.54) is 31.4 Å². The van der Waals surface area contributed by atoms with Gasteiger partial charge in [-0.05, 0) is 87.5 Å². The minimum atomic E-state index is -3.80. The van der Waals surface area contributed by atoms with E-state index in [1.54, 1.807) is 12.1 Å². The molecule has 4 bridgehead atoms. The molecule has 0 heterocycles. The Bertz CT molecular complexity index is 753. The minimum Gasteiger partial charge on any atom is -0.494 e. The number of carbonyl (C=O) groups is 1. The number of amides is 1. The Balaban J connectivity index is 1.42. The van der Waals surface area contributed by atoms with Gasteiger partial charge in [0, 0.05) is 0 Å². The van der Waals surface area contributed by atoms with Crippen LogP contribution in [0.2, 0.25) is 0 Å². The van der Waals surface area contributed by atoms with Crippen LogP contribution in [0.1, 0.15) is 45.4 Å². The summed E-state index contributed by atoms with van der Waals surface area (Å²) in [4.78, 5) is 15.2. The SMILES string of the molecule is CCOc1ccc(S(=O)(=O)NNC(=O)C23CC4CC(CC(C4)C2)C3)cc1. The van der Waals surface area contributed by atoms with Crippen molar-refractivity contribution in [3.63, 3.8) is 0 Å². The number of hydrazine groups is 1. The first-order chi connectivity index (χ1) is 12.4. The van der Waals surface area contributed by atoms with Crippen molar-refractivity contribution in [3.05, 3.63) is 24.3 Å². The number of rotatable bonds is 6. The predicted molar refractivity (Wildman–Crippen MR) is 96.7 cm³/mol. The highest BCUT2D eigenvalue weighted by Gasteiger charge is 2.54. The highest BCUT2D eigenvalue weighted by atomic mass is 32.2. The van der Waals surface area contributed by atoms with Crippen molar-refractivity contribution < 1.29 is 17.9 Å². The van der Waals surface area contributed by atoms with E-state index < -0.39 is 10.0 Å². The largest absolute Gasteiger partial charge is 0.494 e. The third-order valence-electron chi connectivity index (χ3n) is 6.26. The molecule has 0 unspecified atom stereocenters. The van der Waals surface area contributed by atoms with Crippen molar-refractivity contribution in [3.8, 4) is 5.75 Å². The highest BCUT2D eigenvalue weighted by Crippen LogP contribution is 2.60. The van der Waals surface area contributed by atoms with Crippen LogP contribution in [0.3, 0.4) is 0 Å². The smallest absolute Gasteiger partial charge is 0.257 e. The van der Waals surface area contributed by atoms with E-state index in [4.69, 9.17) is 4.74 Å². The molecule has 2 N–H and O–H groups in total. The van der Waals surface area contributed by atoms with Gasteiger partial charge >= 0.3 is 0 Å². The number of carbonyl (C=O) groups excluding carboxylic acids is 1. The molecular formula is C19H26N2O4S. The lowest BCUT2D eigenvalue weighted by atomic mass is 9.49. The molecule has 7 heteroatoms. The first-order valence-corrected chi connectivity index (χ1v) is 10.9. The Morgan fingerprint density at radius 1 is 1.08 bits per heavy atom. The lowest BCUT2D eigenvalue weighted by Crippen LogP contribution is -2.56. The lowest BCUT2D eigenvalue weighted by molar-refractivity contribution is -0.146. The van der Waals surface area contributed by atoms with Crippen LogP contribution in [0, 0.1) is 23.2 Å². The van der Waals surface area contributed by atoms with Crippen LogP contribution in [0.25, 0.3) is 0 Å². The summed E-state index contributed by atoms with van der Waals surface area (Å²) in [5.74, 6) is 2.36. The number of benzene rings is 1. The van der Waals surface area contributed by atoms with Crippen molar-refractivity contribution >= 4 is 15.9 Å². The van der Waals surface area contributed by atoms with E-state index in [2.05, 4.69) is 10.3 Å². The summed E-state index contributed by atoms with van der Waals surface area (Å²) in [6.45, 7) is 2.39. The molecule has 5 rings (SSSR count). The Morgan fingerprint density at radius 2 is 1.62 bits per heavy atom. The second-order valence-electron chi connectivity index (χ2n) is 8.16. The minimum absolute atomic E-state index is 0.103. The van der Waals surface area contributed by atoms with Gasteiger partial charge in [0.25, 0.3) is 10.0 Å². The summed E-state index contributed by atoms with van der Waals surface area (Å²) in [5, 5.41) is 0. The summed E-state index contributed by atoms with van der Waals surface area (Å²) in [7, 11) is -3.80. The number of hydrogen-bond donors (Lipinski definition) is 2. The summed E-state index contributed by atoms with van der Waals surface area (Å²) < 4.78 is 30.3.